The number of hydrogen-bond donors (Lipinski definition) is 0. The molecule has 0 aliphatic rings. The van der Waals surface area contributed by atoms with E-state index >= 15 is 0 Å². The fraction of sp³-hybridized carbons (Fsp3) is 0.182. The Morgan fingerprint density at radius 2 is 1.93 bits per heavy atom. The molecule has 0 bridgehead atoms. The van der Waals surface area contributed by atoms with Crippen LogP contribution in [0.25, 0.3) is 5.69 Å². The Morgan fingerprint density at radius 1 is 1.27 bits per heavy atom. The number of ether oxygens (including phenoxy) is 1. The second kappa shape index (κ2) is 4.06. The first-order valence-electron chi connectivity index (χ1n) is 4.57. The average molecular weight is 267 g/mol. The molecule has 0 amide bonds. The maximum atomic E-state index is 5.13. The molecule has 0 saturated carbocycles. The van der Waals surface area contributed by atoms with Crippen molar-refractivity contribution in [2.75, 3.05) is 7.11 Å². The first-order valence-corrected chi connectivity index (χ1v) is 5.36. The van der Waals surface area contributed by atoms with Gasteiger partial charge in [0.25, 0.3) is 0 Å². The van der Waals surface area contributed by atoms with Gasteiger partial charge in [-0.25, -0.2) is 4.68 Å². The van der Waals surface area contributed by atoms with Gasteiger partial charge < -0.3 is 4.74 Å². The summed E-state index contributed by atoms with van der Waals surface area (Å²) in [6.07, 6.45) is 1.95. The normalized spacial score (nSPS) is 10.3. The molecule has 0 saturated heterocycles. The molecule has 0 atom stereocenters. The molecule has 1 aromatic heterocycles. The number of halogens is 1. The summed E-state index contributed by atoms with van der Waals surface area (Å²) in [5, 5.41) is 4.31. The fourth-order valence-corrected chi connectivity index (χ4v) is 1.64. The fourth-order valence-electron chi connectivity index (χ4n) is 1.37. The molecule has 15 heavy (non-hydrogen) atoms. The van der Waals surface area contributed by atoms with Gasteiger partial charge in [0, 0.05) is 16.2 Å². The smallest absolute Gasteiger partial charge is 0.235 e. The summed E-state index contributed by atoms with van der Waals surface area (Å²) in [5.41, 5.74) is 2.05. The van der Waals surface area contributed by atoms with Gasteiger partial charge in [0.2, 0.25) is 5.88 Å². The van der Waals surface area contributed by atoms with Crippen LogP contribution in [-0.2, 0) is 0 Å². The molecule has 0 aliphatic heterocycles. The summed E-state index contributed by atoms with van der Waals surface area (Å²) in [6.45, 7) is 1.97. The zero-order valence-electron chi connectivity index (χ0n) is 8.57. The number of nitrogens with zero attached hydrogens (tertiary/aromatic N) is 2. The molecule has 0 unspecified atom stereocenters. The van der Waals surface area contributed by atoms with Gasteiger partial charge in [-0.1, -0.05) is 15.9 Å². The Hall–Kier alpha value is -1.29. The van der Waals surface area contributed by atoms with E-state index in [9.17, 15) is 0 Å². The van der Waals surface area contributed by atoms with Crippen molar-refractivity contribution in [1.29, 1.82) is 0 Å². The zero-order chi connectivity index (χ0) is 10.8. The van der Waals surface area contributed by atoms with Crippen molar-refractivity contribution in [3.05, 3.63) is 40.5 Å². The number of methoxy groups -OCH3 is 1. The number of benzene rings is 1. The highest BCUT2D eigenvalue weighted by Gasteiger charge is 2.05. The summed E-state index contributed by atoms with van der Waals surface area (Å²) in [6, 6.07) is 7.96. The van der Waals surface area contributed by atoms with Gasteiger partial charge in [0.15, 0.2) is 0 Å². The summed E-state index contributed by atoms with van der Waals surface area (Å²) < 4.78 is 7.99. The summed E-state index contributed by atoms with van der Waals surface area (Å²) >= 11 is 3.40. The summed E-state index contributed by atoms with van der Waals surface area (Å²) in [7, 11) is 1.63. The molecule has 78 valence electrons. The molecular formula is C11H11BrN2O. The van der Waals surface area contributed by atoms with E-state index in [0.29, 0.717) is 5.88 Å². The second-order valence-electron chi connectivity index (χ2n) is 3.24. The summed E-state index contributed by atoms with van der Waals surface area (Å²) in [4.78, 5) is 0. The molecule has 1 aromatic carbocycles. The summed E-state index contributed by atoms with van der Waals surface area (Å²) in [5.74, 6) is 0.665. The maximum absolute atomic E-state index is 5.13. The van der Waals surface area contributed by atoms with E-state index in [4.69, 9.17) is 4.74 Å². The molecule has 2 aromatic rings. The largest absolute Gasteiger partial charge is 0.480 e. The monoisotopic (exact) mass is 266 g/mol. The molecule has 0 N–H and O–H groups in total. The van der Waals surface area contributed by atoms with Crippen molar-refractivity contribution in [3.8, 4) is 11.6 Å². The molecule has 0 aliphatic carbocycles. The van der Waals surface area contributed by atoms with Crippen molar-refractivity contribution in [2.45, 2.75) is 6.92 Å². The third kappa shape index (κ3) is 2.04. The van der Waals surface area contributed by atoms with E-state index in [1.807, 2.05) is 37.4 Å². The van der Waals surface area contributed by atoms with E-state index < -0.39 is 0 Å². The molecule has 3 nitrogen and oxygen atoms in total. The van der Waals surface area contributed by atoms with E-state index in [1.165, 1.54) is 0 Å². The highest BCUT2D eigenvalue weighted by Crippen LogP contribution is 2.18. The average Bonchev–Trinajstić information content (AvgIpc) is 2.61. The van der Waals surface area contributed by atoms with Crippen LogP contribution in [-0.4, -0.2) is 16.9 Å². The van der Waals surface area contributed by atoms with Crippen LogP contribution < -0.4 is 4.74 Å². The van der Waals surface area contributed by atoms with E-state index in [2.05, 4.69) is 21.0 Å². The SMILES string of the molecule is COc1nn(-c2ccc(Br)cc2)cc1C. The van der Waals surface area contributed by atoms with Crippen molar-refractivity contribution in [1.82, 2.24) is 9.78 Å². The lowest BCUT2D eigenvalue weighted by Crippen LogP contribution is -1.94. The van der Waals surface area contributed by atoms with Crippen LogP contribution >= 0.6 is 15.9 Å². The predicted octanol–water partition coefficient (Wildman–Crippen LogP) is 2.95. The molecular weight excluding hydrogens is 256 g/mol. The minimum Gasteiger partial charge on any atom is -0.480 e. The van der Waals surface area contributed by atoms with Gasteiger partial charge in [-0.15, -0.1) is 5.10 Å². The van der Waals surface area contributed by atoms with Crippen LogP contribution in [0.3, 0.4) is 0 Å². The molecule has 4 heteroatoms. The van der Waals surface area contributed by atoms with Crippen LogP contribution in [0.4, 0.5) is 0 Å². The minimum atomic E-state index is 0.665. The molecule has 0 fully saturated rings. The van der Waals surface area contributed by atoms with Crippen LogP contribution in [0, 0.1) is 6.92 Å². The van der Waals surface area contributed by atoms with Crippen LogP contribution in [0.1, 0.15) is 5.56 Å². The highest BCUT2D eigenvalue weighted by molar-refractivity contribution is 9.10. The van der Waals surface area contributed by atoms with Gasteiger partial charge in [0.1, 0.15) is 0 Å². The van der Waals surface area contributed by atoms with Gasteiger partial charge in [-0.3, -0.25) is 0 Å². The Balaban J connectivity index is 2.41. The van der Waals surface area contributed by atoms with Gasteiger partial charge in [-0.2, -0.15) is 0 Å². The number of aromatic nitrogens is 2. The second-order valence-corrected chi connectivity index (χ2v) is 4.16. The van der Waals surface area contributed by atoms with E-state index in [0.717, 1.165) is 15.7 Å². The van der Waals surface area contributed by atoms with Crippen LogP contribution in [0.2, 0.25) is 0 Å². The lowest BCUT2D eigenvalue weighted by molar-refractivity contribution is 0.391. The standard InChI is InChI=1S/C11H11BrN2O/c1-8-7-14(13-11(8)15-2)10-5-3-9(12)4-6-10/h3-7H,1-2H3. The van der Waals surface area contributed by atoms with Crippen LogP contribution in [0.15, 0.2) is 34.9 Å². The third-order valence-electron chi connectivity index (χ3n) is 2.14. The topological polar surface area (TPSA) is 27.1 Å². The first kappa shape index (κ1) is 10.2. The minimum absolute atomic E-state index is 0.665. The van der Waals surface area contributed by atoms with E-state index in [-0.39, 0.29) is 0 Å². The Labute approximate surface area is 96.8 Å². The maximum Gasteiger partial charge on any atom is 0.235 e. The van der Waals surface area contributed by atoms with Gasteiger partial charge >= 0.3 is 0 Å². The molecule has 0 radical (unpaired) electrons. The predicted molar refractivity (Wildman–Crippen MR) is 62.6 cm³/mol. The van der Waals surface area contributed by atoms with Crippen molar-refractivity contribution >= 4 is 15.9 Å². The van der Waals surface area contributed by atoms with Crippen molar-refractivity contribution in [2.24, 2.45) is 0 Å². The van der Waals surface area contributed by atoms with Crippen molar-refractivity contribution in [3.63, 3.8) is 0 Å². The number of aryl methyl sites for hydroxylation is 1. The quantitative estimate of drug-likeness (QED) is 0.836. The number of rotatable bonds is 2. The Morgan fingerprint density at radius 3 is 2.47 bits per heavy atom. The molecule has 1 heterocycles. The van der Waals surface area contributed by atoms with E-state index in [1.54, 1.807) is 11.8 Å². The number of hydrogen-bond acceptors (Lipinski definition) is 2. The van der Waals surface area contributed by atoms with Gasteiger partial charge in [0.05, 0.1) is 12.8 Å². The lowest BCUT2D eigenvalue weighted by atomic mass is 10.3. The van der Waals surface area contributed by atoms with Crippen molar-refractivity contribution < 1.29 is 4.74 Å². The van der Waals surface area contributed by atoms with Crippen LogP contribution in [0.5, 0.6) is 5.88 Å². The van der Waals surface area contributed by atoms with Gasteiger partial charge in [-0.05, 0) is 31.2 Å². The first-order chi connectivity index (χ1) is 7.20. The Bertz CT molecular complexity index is 462. The zero-order valence-corrected chi connectivity index (χ0v) is 10.2. The lowest BCUT2D eigenvalue weighted by Gasteiger charge is -2.00. The third-order valence-corrected chi connectivity index (χ3v) is 2.67. The highest BCUT2D eigenvalue weighted by atomic mass is 79.9. The molecule has 0 spiro atoms. The Kier molecular flexibility index (Phi) is 2.77. The molecule has 2 rings (SSSR count).